The van der Waals surface area contributed by atoms with Crippen molar-refractivity contribution in [2.24, 2.45) is 5.92 Å². The molecule has 0 spiro atoms. The van der Waals surface area contributed by atoms with Gasteiger partial charge in [-0.05, 0) is 55.8 Å². The second-order valence-electron chi connectivity index (χ2n) is 6.60. The maximum absolute atomic E-state index is 12.6. The van der Waals surface area contributed by atoms with Crippen LogP contribution in [0.3, 0.4) is 0 Å². The fourth-order valence-electron chi connectivity index (χ4n) is 3.09. The number of anilines is 1. The SMILES string of the molecule is O=C(Nc1ccc(Cl)cn1)C1CCN(Cc2ccc(C(F)(F)F)cc2)CC1. The van der Waals surface area contributed by atoms with E-state index in [-0.39, 0.29) is 11.8 Å². The number of nitrogens with zero attached hydrogens (tertiary/aromatic N) is 2. The Labute approximate surface area is 160 Å². The van der Waals surface area contributed by atoms with Crippen LogP contribution < -0.4 is 5.32 Å². The zero-order chi connectivity index (χ0) is 19.4. The molecule has 1 fully saturated rings. The van der Waals surface area contributed by atoms with Crippen molar-refractivity contribution in [3.8, 4) is 0 Å². The summed E-state index contributed by atoms with van der Waals surface area (Å²) < 4.78 is 37.8. The summed E-state index contributed by atoms with van der Waals surface area (Å²) >= 11 is 5.77. The molecule has 0 aliphatic carbocycles. The maximum atomic E-state index is 12.6. The Bertz CT molecular complexity index is 770. The van der Waals surface area contributed by atoms with E-state index in [1.807, 2.05) is 0 Å². The molecule has 3 rings (SSSR count). The average molecular weight is 398 g/mol. The molecule has 0 saturated carbocycles. The van der Waals surface area contributed by atoms with Gasteiger partial charge in [-0.25, -0.2) is 4.98 Å². The number of hydrogen-bond donors (Lipinski definition) is 1. The number of carbonyl (C=O) groups is 1. The average Bonchev–Trinajstić information content (AvgIpc) is 2.64. The van der Waals surface area contributed by atoms with Gasteiger partial charge < -0.3 is 5.32 Å². The van der Waals surface area contributed by atoms with Crippen LogP contribution in [0.25, 0.3) is 0 Å². The van der Waals surface area contributed by atoms with Gasteiger partial charge in [0, 0.05) is 18.7 Å². The van der Waals surface area contributed by atoms with E-state index in [1.54, 1.807) is 12.1 Å². The van der Waals surface area contributed by atoms with E-state index in [0.29, 0.717) is 43.3 Å². The van der Waals surface area contributed by atoms with E-state index in [2.05, 4.69) is 15.2 Å². The van der Waals surface area contributed by atoms with Gasteiger partial charge in [0.15, 0.2) is 0 Å². The first-order valence-corrected chi connectivity index (χ1v) is 9.00. The second-order valence-corrected chi connectivity index (χ2v) is 7.03. The lowest BCUT2D eigenvalue weighted by Crippen LogP contribution is -2.37. The predicted octanol–water partition coefficient (Wildman–Crippen LogP) is 4.60. The minimum absolute atomic E-state index is 0.0704. The lowest BCUT2D eigenvalue weighted by molar-refractivity contribution is -0.137. The maximum Gasteiger partial charge on any atom is 0.416 e. The zero-order valence-electron chi connectivity index (χ0n) is 14.5. The summed E-state index contributed by atoms with van der Waals surface area (Å²) in [4.78, 5) is 18.5. The largest absolute Gasteiger partial charge is 0.416 e. The van der Waals surface area contributed by atoms with Crippen LogP contribution in [0.15, 0.2) is 42.6 Å². The van der Waals surface area contributed by atoms with Crippen LogP contribution in [-0.2, 0) is 17.5 Å². The molecule has 27 heavy (non-hydrogen) atoms. The van der Waals surface area contributed by atoms with E-state index in [9.17, 15) is 18.0 Å². The zero-order valence-corrected chi connectivity index (χ0v) is 15.2. The molecule has 0 unspecified atom stereocenters. The number of likely N-dealkylation sites (tertiary alicyclic amines) is 1. The normalized spacial score (nSPS) is 16.3. The number of alkyl halides is 3. The molecule has 1 aromatic carbocycles. The number of pyridine rings is 1. The Morgan fingerprint density at radius 3 is 2.37 bits per heavy atom. The molecule has 8 heteroatoms. The first kappa shape index (κ1) is 19.6. The van der Waals surface area contributed by atoms with E-state index >= 15 is 0 Å². The number of halogens is 4. The molecule has 1 saturated heterocycles. The first-order valence-electron chi connectivity index (χ1n) is 8.62. The summed E-state index contributed by atoms with van der Waals surface area (Å²) in [6.07, 6.45) is -1.45. The Balaban J connectivity index is 1.48. The van der Waals surface area contributed by atoms with Crippen LogP contribution in [0.4, 0.5) is 19.0 Å². The van der Waals surface area contributed by atoms with Gasteiger partial charge in [0.25, 0.3) is 0 Å². The van der Waals surface area contributed by atoms with Crippen LogP contribution in [-0.4, -0.2) is 28.9 Å². The van der Waals surface area contributed by atoms with Crippen molar-refractivity contribution in [2.45, 2.75) is 25.6 Å². The van der Waals surface area contributed by atoms with Crippen LogP contribution in [0.1, 0.15) is 24.0 Å². The first-order chi connectivity index (χ1) is 12.8. The standard InChI is InChI=1S/C19H19ClF3N3O/c20-16-5-6-17(24-11-16)25-18(27)14-7-9-26(10-8-14)12-13-1-3-15(4-2-13)19(21,22)23/h1-6,11,14H,7-10,12H2,(H,24,25,27). The summed E-state index contributed by atoms with van der Waals surface area (Å²) in [5, 5.41) is 3.29. The number of hydrogen-bond acceptors (Lipinski definition) is 3. The van der Waals surface area contributed by atoms with Gasteiger partial charge in [-0.3, -0.25) is 9.69 Å². The van der Waals surface area contributed by atoms with Crippen LogP contribution in [0.5, 0.6) is 0 Å². The van der Waals surface area contributed by atoms with Crippen LogP contribution in [0, 0.1) is 5.92 Å². The Morgan fingerprint density at radius 2 is 1.81 bits per heavy atom. The van der Waals surface area contributed by atoms with Gasteiger partial charge in [-0.2, -0.15) is 13.2 Å². The van der Waals surface area contributed by atoms with Crippen molar-refractivity contribution in [1.29, 1.82) is 0 Å². The highest BCUT2D eigenvalue weighted by molar-refractivity contribution is 6.30. The lowest BCUT2D eigenvalue weighted by atomic mass is 9.95. The summed E-state index contributed by atoms with van der Waals surface area (Å²) in [5.74, 6) is 0.293. The molecule has 1 aliphatic heterocycles. The van der Waals surface area contributed by atoms with Crippen LogP contribution >= 0.6 is 11.6 Å². The molecule has 1 aromatic heterocycles. The number of rotatable bonds is 4. The van der Waals surface area contributed by atoms with Gasteiger partial charge in [0.1, 0.15) is 5.82 Å². The summed E-state index contributed by atoms with van der Waals surface area (Å²) in [7, 11) is 0. The quantitative estimate of drug-likeness (QED) is 0.819. The summed E-state index contributed by atoms with van der Waals surface area (Å²) in [6, 6.07) is 8.54. The molecule has 0 radical (unpaired) electrons. The molecular formula is C19H19ClF3N3O. The molecule has 2 heterocycles. The number of aromatic nitrogens is 1. The van der Waals surface area contributed by atoms with Crippen molar-refractivity contribution in [2.75, 3.05) is 18.4 Å². The van der Waals surface area contributed by atoms with Gasteiger partial charge in [-0.15, -0.1) is 0 Å². The highest BCUT2D eigenvalue weighted by Gasteiger charge is 2.30. The van der Waals surface area contributed by atoms with Gasteiger partial charge >= 0.3 is 6.18 Å². The molecule has 4 nitrogen and oxygen atoms in total. The minimum Gasteiger partial charge on any atom is -0.310 e. The number of piperidine rings is 1. The number of carbonyl (C=O) groups excluding carboxylic acids is 1. The molecule has 1 N–H and O–H groups in total. The second kappa shape index (κ2) is 8.27. The number of nitrogens with one attached hydrogen (secondary N) is 1. The lowest BCUT2D eigenvalue weighted by Gasteiger charge is -2.31. The number of benzene rings is 1. The number of amides is 1. The molecule has 1 amide bonds. The highest BCUT2D eigenvalue weighted by atomic mass is 35.5. The van der Waals surface area contributed by atoms with E-state index in [1.165, 1.54) is 18.3 Å². The fraction of sp³-hybridized carbons (Fsp3) is 0.368. The van der Waals surface area contributed by atoms with E-state index in [0.717, 1.165) is 17.7 Å². The molecule has 2 aromatic rings. The van der Waals surface area contributed by atoms with Gasteiger partial charge in [0.05, 0.1) is 10.6 Å². The van der Waals surface area contributed by atoms with Crippen molar-refractivity contribution < 1.29 is 18.0 Å². The topological polar surface area (TPSA) is 45.2 Å². The van der Waals surface area contributed by atoms with Gasteiger partial charge in [-0.1, -0.05) is 23.7 Å². The van der Waals surface area contributed by atoms with Crippen molar-refractivity contribution >= 4 is 23.3 Å². The van der Waals surface area contributed by atoms with E-state index in [4.69, 9.17) is 11.6 Å². The predicted molar refractivity (Wildman–Crippen MR) is 97.3 cm³/mol. The smallest absolute Gasteiger partial charge is 0.310 e. The Kier molecular flexibility index (Phi) is 6.01. The summed E-state index contributed by atoms with van der Waals surface area (Å²) in [6.45, 7) is 2.01. The summed E-state index contributed by atoms with van der Waals surface area (Å²) in [5.41, 5.74) is 0.189. The minimum atomic E-state index is -4.32. The molecule has 1 aliphatic rings. The van der Waals surface area contributed by atoms with Gasteiger partial charge in [0.2, 0.25) is 5.91 Å². The Morgan fingerprint density at radius 1 is 1.15 bits per heavy atom. The third-order valence-electron chi connectivity index (χ3n) is 4.62. The fourth-order valence-corrected chi connectivity index (χ4v) is 3.20. The third-order valence-corrected chi connectivity index (χ3v) is 4.85. The molecule has 144 valence electrons. The third kappa shape index (κ3) is 5.43. The van der Waals surface area contributed by atoms with Crippen LogP contribution in [0.2, 0.25) is 5.02 Å². The molecule has 0 atom stereocenters. The molecule has 0 bridgehead atoms. The molecular weight excluding hydrogens is 379 g/mol. The monoisotopic (exact) mass is 397 g/mol. The van der Waals surface area contributed by atoms with Crippen molar-refractivity contribution in [3.05, 3.63) is 58.7 Å². The van der Waals surface area contributed by atoms with Crippen molar-refractivity contribution in [3.63, 3.8) is 0 Å². The highest BCUT2D eigenvalue weighted by Crippen LogP contribution is 2.29. The van der Waals surface area contributed by atoms with E-state index < -0.39 is 11.7 Å². The van der Waals surface area contributed by atoms with Crippen molar-refractivity contribution in [1.82, 2.24) is 9.88 Å². The Hall–Kier alpha value is -2.12.